The van der Waals surface area contributed by atoms with Gasteiger partial charge in [0.05, 0.1) is 19.8 Å². The Bertz CT molecular complexity index is 500. The maximum absolute atomic E-state index is 12.9. The highest BCUT2D eigenvalue weighted by Gasteiger charge is 2.13. The standard InChI is InChI=1S/C34H67NO4/c1-3-5-7-9-11-13-15-17-19-21-23-25-27-35(28-30-38-32-33-39-31-29-36)34(37)26-24-22-20-18-16-14-12-10-8-6-4-2/h29H,3-28,30-33H2,1-2H3. The van der Waals surface area contributed by atoms with Gasteiger partial charge in [0.1, 0.15) is 12.9 Å². The van der Waals surface area contributed by atoms with Gasteiger partial charge >= 0.3 is 0 Å². The summed E-state index contributed by atoms with van der Waals surface area (Å²) in [5.74, 6) is 0.287. The number of hydrogen-bond acceptors (Lipinski definition) is 4. The van der Waals surface area contributed by atoms with Gasteiger partial charge in [0.2, 0.25) is 5.91 Å². The molecule has 0 aromatic rings. The molecule has 39 heavy (non-hydrogen) atoms. The summed E-state index contributed by atoms with van der Waals surface area (Å²) in [5, 5.41) is 0. The summed E-state index contributed by atoms with van der Waals surface area (Å²) >= 11 is 0. The van der Waals surface area contributed by atoms with Gasteiger partial charge < -0.3 is 19.2 Å². The molecule has 0 N–H and O–H groups in total. The van der Waals surface area contributed by atoms with Gasteiger partial charge in [0, 0.05) is 19.5 Å². The summed E-state index contributed by atoms with van der Waals surface area (Å²) in [6, 6.07) is 0. The molecule has 0 unspecified atom stereocenters. The first-order valence-electron chi connectivity index (χ1n) is 17.1. The number of unbranched alkanes of at least 4 members (excludes halogenated alkanes) is 21. The minimum Gasteiger partial charge on any atom is -0.377 e. The normalized spacial score (nSPS) is 11.2. The van der Waals surface area contributed by atoms with Crippen LogP contribution in [-0.2, 0) is 19.1 Å². The van der Waals surface area contributed by atoms with Crippen molar-refractivity contribution in [1.29, 1.82) is 0 Å². The Morgan fingerprint density at radius 3 is 1.38 bits per heavy atom. The molecule has 0 atom stereocenters. The molecule has 0 aliphatic rings. The third-order valence-corrected chi connectivity index (χ3v) is 7.69. The van der Waals surface area contributed by atoms with Crippen molar-refractivity contribution in [2.75, 3.05) is 39.5 Å². The average molecular weight is 554 g/mol. The SMILES string of the molecule is CCCCCCCCCCCCCCN(CCOCCOCC=O)C(=O)CCCCCCCCCCCCC. The van der Waals surface area contributed by atoms with Gasteiger partial charge in [-0.15, -0.1) is 0 Å². The predicted molar refractivity (Wildman–Crippen MR) is 166 cm³/mol. The Balaban J connectivity index is 3.99. The average Bonchev–Trinajstić information content (AvgIpc) is 2.94. The molecule has 0 heterocycles. The number of ether oxygens (including phenoxy) is 2. The van der Waals surface area contributed by atoms with E-state index >= 15 is 0 Å². The second-order valence-electron chi connectivity index (χ2n) is 11.4. The van der Waals surface area contributed by atoms with E-state index in [1.54, 1.807) is 0 Å². The summed E-state index contributed by atoms with van der Waals surface area (Å²) in [6.45, 7) is 7.59. The number of amides is 1. The van der Waals surface area contributed by atoms with E-state index in [2.05, 4.69) is 13.8 Å². The maximum atomic E-state index is 12.9. The summed E-state index contributed by atoms with van der Waals surface area (Å²) in [5.41, 5.74) is 0. The van der Waals surface area contributed by atoms with Crippen molar-refractivity contribution in [1.82, 2.24) is 4.90 Å². The highest BCUT2D eigenvalue weighted by molar-refractivity contribution is 5.76. The first kappa shape index (κ1) is 38.1. The van der Waals surface area contributed by atoms with Crippen LogP contribution in [0.5, 0.6) is 0 Å². The van der Waals surface area contributed by atoms with Crippen molar-refractivity contribution in [3.05, 3.63) is 0 Å². The zero-order valence-electron chi connectivity index (χ0n) is 26.4. The molecule has 0 fully saturated rings. The Kier molecular flexibility index (Phi) is 32.5. The van der Waals surface area contributed by atoms with Crippen molar-refractivity contribution >= 4 is 12.2 Å². The fraction of sp³-hybridized carbons (Fsp3) is 0.941. The highest BCUT2D eigenvalue weighted by atomic mass is 16.5. The van der Waals surface area contributed by atoms with Gasteiger partial charge in [0.25, 0.3) is 0 Å². The third-order valence-electron chi connectivity index (χ3n) is 7.69. The monoisotopic (exact) mass is 554 g/mol. The van der Waals surface area contributed by atoms with Crippen molar-refractivity contribution in [2.45, 2.75) is 168 Å². The van der Waals surface area contributed by atoms with Crippen molar-refractivity contribution in [3.8, 4) is 0 Å². The Morgan fingerprint density at radius 2 is 0.923 bits per heavy atom. The van der Waals surface area contributed by atoms with Crippen LogP contribution in [0, 0.1) is 0 Å². The van der Waals surface area contributed by atoms with Crippen LogP contribution in [0.15, 0.2) is 0 Å². The van der Waals surface area contributed by atoms with Crippen LogP contribution in [0.2, 0.25) is 0 Å². The lowest BCUT2D eigenvalue weighted by atomic mass is 10.0. The Labute approximate surface area is 243 Å². The van der Waals surface area contributed by atoms with Crippen molar-refractivity contribution in [3.63, 3.8) is 0 Å². The van der Waals surface area contributed by atoms with E-state index in [0.717, 1.165) is 25.7 Å². The van der Waals surface area contributed by atoms with E-state index in [1.807, 2.05) is 4.90 Å². The summed E-state index contributed by atoms with van der Waals surface area (Å²) in [6.07, 6.45) is 31.7. The van der Waals surface area contributed by atoms with Crippen molar-refractivity contribution in [2.24, 2.45) is 0 Å². The molecule has 0 spiro atoms. The van der Waals surface area contributed by atoms with Crippen LogP contribution >= 0.6 is 0 Å². The van der Waals surface area contributed by atoms with E-state index in [4.69, 9.17) is 9.47 Å². The molecule has 0 radical (unpaired) electrons. The van der Waals surface area contributed by atoms with Crippen LogP contribution in [-0.4, -0.2) is 56.6 Å². The Hall–Kier alpha value is -0.940. The minimum atomic E-state index is 0.117. The van der Waals surface area contributed by atoms with Gasteiger partial charge in [-0.3, -0.25) is 4.79 Å². The van der Waals surface area contributed by atoms with Crippen molar-refractivity contribution < 1.29 is 19.1 Å². The zero-order chi connectivity index (χ0) is 28.5. The van der Waals surface area contributed by atoms with Gasteiger partial charge in [-0.2, -0.15) is 0 Å². The molecule has 0 bridgehead atoms. The number of carbonyl (C=O) groups is 2. The van der Waals surface area contributed by atoms with E-state index in [1.165, 1.54) is 135 Å². The van der Waals surface area contributed by atoms with Crippen LogP contribution < -0.4 is 0 Å². The third kappa shape index (κ3) is 29.9. The molecule has 0 aliphatic heterocycles. The Morgan fingerprint density at radius 1 is 0.513 bits per heavy atom. The van der Waals surface area contributed by atoms with E-state index in [-0.39, 0.29) is 12.5 Å². The second-order valence-corrected chi connectivity index (χ2v) is 11.4. The first-order chi connectivity index (χ1) is 19.3. The fourth-order valence-electron chi connectivity index (χ4n) is 5.13. The maximum Gasteiger partial charge on any atom is 0.222 e. The molecule has 0 aromatic heterocycles. The lowest BCUT2D eigenvalue weighted by molar-refractivity contribution is -0.132. The highest BCUT2D eigenvalue weighted by Crippen LogP contribution is 2.14. The van der Waals surface area contributed by atoms with Gasteiger partial charge in [0.15, 0.2) is 0 Å². The summed E-state index contributed by atoms with van der Waals surface area (Å²) in [7, 11) is 0. The van der Waals surface area contributed by atoms with Crippen LogP contribution in [0.4, 0.5) is 0 Å². The minimum absolute atomic E-state index is 0.117. The second kappa shape index (κ2) is 33.3. The predicted octanol–water partition coefficient (Wildman–Crippen LogP) is 9.45. The molecule has 0 aliphatic carbocycles. The molecule has 0 saturated carbocycles. The first-order valence-corrected chi connectivity index (χ1v) is 17.1. The number of nitrogens with zero attached hydrogens (tertiary/aromatic N) is 1. The van der Waals surface area contributed by atoms with E-state index < -0.39 is 0 Å². The molecule has 1 amide bonds. The van der Waals surface area contributed by atoms with E-state index in [0.29, 0.717) is 32.8 Å². The van der Waals surface area contributed by atoms with Crippen LogP contribution in [0.1, 0.15) is 168 Å². The van der Waals surface area contributed by atoms with Gasteiger partial charge in [-0.1, -0.05) is 149 Å². The molecule has 0 rings (SSSR count). The molecule has 0 saturated heterocycles. The zero-order valence-corrected chi connectivity index (χ0v) is 26.4. The molecule has 5 heteroatoms. The fourth-order valence-corrected chi connectivity index (χ4v) is 5.13. The topological polar surface area (TPSA) is 55.8 Å². The number of hydrogen-bond donors (Lipinski definition) is 0. The molecular weight excluding hydrogens is 486 g/mol. The lowest BCUT2D eigenvalue weighted by Crippen LogP contribution is -2.35. The quantitative estimate of drug-likeness (QED) is 0.0600. The number of carbonyl (C=O) groups excluding carboxylic acids is 2. The molecular formula is C34H67NO4. The molecule has 232 valence electrons. The van der Waals surface area contributed by atoms with Crippen LogP contribution in [0.25, 0.3) is 0 Å². The van der Waals surface area contributed by atoms with E-state index in [9.17, 15) is 9.59 Å². The lowest BCUT2D eigenvalue weighted by Gasteiger charge is -2.23. The number of aldehydes is 1. The van der Waals surface area contributed by atoms with Crippen LogP contribution in [0.3, 0.4) is 0 Å². The van der Waals surface area contributed by atoms with Gasteiger partial charge in [-0.05, 0) is 12.8 Å². The van der Waals surface area contributed by atoms with Gasteiger partial charge in [-0.25, -0.2) is 0 Å². The summed E-state index contributed by atoms with van der Waals surface area (Å²) in [4.78, 5) is 25.3. The smallest absolute Gasteiger partial charge is 0.222 e. The largest absolute Gasteiger partial charge is 0.377 e. The molecule has 5 nitrogen and oxygen atoms in total. The molecule has 0 aromatic carbocycles. The summed E-state index contributed by atoms with van der Waals surface area (Å²) < 4.78 is 10.8. The number of rotatable bonds is 33.